The molecule has 92 valence electrons. The molecule has 0 saturated carbocycles. The zero-order valence-corrected chi connectivity index (χ0v) is 10.7. The molecule has 0 saturated heterocycles. The predicted octanol–water partition coefficient (Wildman–Crippen LogP) is 4.07. The van der Waals surface area contributed by atoms with Gasteiger partial charge in [-0.3, -0.25) is 0 Å². The summed E-state index contributed by atoms with van der Waals surface area (Å²) in [5.41, 5.74) is 1.93. The molecular formula is C12H12F4Si. The SMILES string of the molecule is C[Si](C)(C)C#Cc1ccc(C(F)(F)F)cc1F. The second-order valence-corrected chi connectivity index (χ2v) is 9.44. The Hall–Kier alpha value is -1.28. The van der Waals surface area contributed by atoms with E-state index in [-0.39, 0.29) is 5.56 Å². The Labute approximate surface area is 98.7 Å². The minimum atomic E-state index is -4.52. The van der Waals surface area contributed by atoms with Crippen LogP contribution in [-0.4, -0.2) is 8.07 Å². The van der Waals surface area contributed by atoms with E-state index in [1.807, 2.05) is 19.6 Å². The van der Waals surface area contributed by atoms with E-state index in [9.17, 15) is 17.6 Å². The molecule has 17 heavy (non-hydrogen) atoms. The molecule has 0 spiro atoms. The van der Waals surface area contributed by atoms with Gasteiger partial charge in [0.25, 0.3) is 0 Å². The van der Waals surface area contributed by atoms with Gasteiger partial charge < -0.3 is 0 Å². The normalized spacial score (nSPS) is 11.9. The van der Waals surface area contributed by atoms with Gasteiger partial charge in [-0.05, 0) is 18.2 Å². The highest BCUT2D eigenvalue weighted by molar-refractivity contribution is 6.83. The quantitative estimate of drug-likeness (QED) is 0.375. The Bertz CT molecular complexity index is 472. The third-order valence-corrected chi connectivity index (χ3v) is 2.74. The van der Waals surface area contributed by atoms with Crippen molar-refractivity contribution < 1.29 is 17.6 Å². The van der Waals surface area contributed by atoms with Crippen molar-refractivity contribution in [2.45, 2.75) is 25.8 Å². The van der Waals surface area contributed by atoms with Crippen LogP contribution in [0.1, 0.15) is 11.1 Å². The molecule has 0 unspecified atom stereocenters. The molecule has 0 fully saturated rings. The third kappa shape index (κ3) is 4.23. The fraction of sp³-hybridized carbons (Fsp3) is 0.333. The number of alkyl halides is 3. The summed E-state index contributed by atoms with van der Waals surface area (Å²) in [5.74, 6) is 1.68. The summed E-state index contributed by atoms with van der Waals surface area (Å²) in [6.45, 7) is 5.92. The van der Waals surface area contributed by atoms with Crippen molar-refractivity contribution in [3.8, 4) is 11.5 Å². The molecule has 0 aliphatic carbocycles. The number of hydrogen-bond donors (Lipinski definition) is 0. The molecular weight excluding hydrogens is 248 g/mol. The molecule has 0 aliphatic rings. The van der Waals surface area contributed by atoms with Crippen molar-refractivity contribution >= 4 is 8.07 Å². The van der Waals surface area contributed by atoms with Gasteiger partial charge in [-0.2, -0.15) is 13.2 Å². The summed E-state index contributed by atoms with van der Waals surface area (Å²) >= 11 is 0. The molecule has 0 aliphatic heterocycles. The molecule has 1 aromatic carbocycles. The van der Waals surface area contributed by atoms with Crippen LogP contribution in [0.4, 0.5) is 17.6 Å². The van der Waals surface area contributed by atoms with Crippen molar-refractivity contribution in [3.63, 3.8) is 0 Å². The summed E-state index contributed by atoms with van der Waals surface area (Å²) in [7, 11) is -1.66. The van der Waals surface area contributed by atoms with Gasteiger partial charge in [0.05, 0.1) is 11.1 Å². The van der Waals surface area contributed by atoms with Crippen LogP contribution < -0.4 is 0 Å². The lowest BCUT2D eigenvalue weighted by Gasteiger charge is -2.07. The van der Waals surface area contributed by atoms with Gasteiger partial charge in [-0.15, -0.1) is 5.54 Å². The van der Waals surface area contributed by atoms with Gasteiger partial charge in [0.2, 0.25) is 0 Å². The lowest BCUT2D eigenvalue weighted by atomic mass is 10.1. The molecule has 1 rings (SSSR count). The first-order valence-corrected chi connectivity index (χ1v) is 8.49. The van der Waals surface area contributed by atoms with Crippen molar-refractivity contribution in [1.29, 1.82) is 0 Å². The largest absolute Gasteiger partial charge is 0.416 e. The number of hydrogen-bond acceptors (Lipinski definition) is 0. The maximum Gasteiger partial charge on any atom is 0.416 e. The minimum Gasteiger partial charge on any atom is -0.206 e. The maximum atomic E-state index is 13.4. The molecule has 0 atom stereocenters. The lowest BCUT2D eigenvalue weighted by Crippen LogP contribution is -2.16. The molecule has 0 amide bonds. The van der Waals surface area contributed by atoms with E-state index in [0.717, 1.165) is 12.1 Å². The van der Waals surface area contributed by atoms with Crippen LogP contribution in [0.25, 0.3) is 0 Å². The monoisotopic (exact) mass is 260 g/mol. The highest BCUT2D eigenvalue weighted by Gasteiger charge is 2.31. The zero-order chi connectivity index (χ0) is 13.3. The van der Waals surface area contributed by atoms with Crippen molar-refractivity contribution in [2.24, 2.45) is 0 Å². The topological polar surface area (TPSA) is 0 Å². The van der Waals surface area contributed by atoms with Gasteiger partial charge in [0, 0.05) is 0 Å². The fourth-order valence-corrected chi connectivity index (χ4v) is 1.56. The minimum absolute atomic E-state index is 0.0143. The van der Waals surface area contributed by atoms with Crippen molar-refractivity contribution in [2.75, 3.05) is 0 Å². The van der Waals surface area contributed by atoms with Crippen molar-refractivity contribution in [1.82, 2.24) is 0 Å². The first kappa shape index (κ1) is 13.8. The van der Waals surface area contributed by atoms with E-state index in [2.05, 4.69) is 11.5 Å². The average Bonchev–Trinajstić information content (AvgIpc) is 2.12. The zero-order valence-electron chi connectivity index (χ0n) is 9.74. The second kappa shape index (κ2) is 4.53. The van der Waals surface area contributed by atoms with Crippen LogP contribution in [0.3, 0.4) is 0 Å². The molecule has 0 radical (unpaired) electrons. The van der Waals surface area contributed by atoms with E-state index < -0.39 is 25.6 Å². The Kier molecular flexibility index (Phi) is 3.67. The molecule has 0 heterocycles. The fourth-order valence-electron chi connectivity index (χ4n) is 1.05. The maximum absolute atomic E-state index is 13.4. The lowest BCUT2D eigenvalue weighted by molar-refractivity contribution is -0.137. The molecule has 1 aromatic rings. The number of benzene rings is 1. The molecule has 0 aromatic heterocycles. The predicted molar refractivity (Wildman–Crippen MR) is 61.6 cm³/mol. The summed E-state index contributed by atoms with van der Waals surface area (Å²) in [6, 6.07) is 2.40. The van der Waals surface area contributed by atoms with Crippen LogP contribution in [0.5, 0.6) is 0 Å². The third-order valence-electron chi connectivity index (χ3n) is 1.87. The summed E-state index contributed by atoms with van der Waals surface area (Å²) in [4.78, 5) is 0. The van der Waals surface area contributed by atoms with Crippen LogP contribution in [-0.2, 0) is 6.18 Å². The second-order valence-electron chi connectivity index (χ2n) is 4.69. The summed E-state index contributed by atoms with van der Waals surface area (Å²) in [6.07, 6.45) is -4.52. The van der Waals surface area contributed by atoms with E-state index in [1.165, 1.54) is 0 Å². The molecule has 0 N–H and O–H groups in total. The number of halogens is 4. The van der Waals surface area contributed by atoms with Gasteiger partial charge in [-0.1, -0.05) is 25.6 Å². The van der Waals surface area contributed by atoms with Crippen molar-refractivity contribution in [3.05, 3.63) is 35.1 Å². The van der Waals surface area contributed by atoms with E-state index >= 15 is 0 Å². The Morgan fingerprint density at radius 3 is 2.12 bits per heavy atom. The van der Waals surface area contributed by atoms with Gasteiger partial charge in [-0.25, -0.2) is 4.39 Å². The Morgan fingerprint density at radius 2 is 1.71 bits per heavy atom. The molecule has 0 nitrogen and oxygen atoms in total. The first-order chi connectivity index (χ1) is 7.59. The Balaban J connectivity index is 3.10. The van der Waals surface area contributed by atoms with E-state index in [1.54, 1.807) is 0 Å². The van der Waals surface area contributed by atoms with E-state index in [4.69, 9.17) is 0 Å². The Morgan fingerprint density at radius 1 is 1.12 bits per heavy atom. The molecule has 5 heteroatoms. The summed E-state index contributed by atoms with van der Waals surface area (Å²) in [5, 5.41) is 0. The van der Waals surface area contributed by atoms with E-state index in [0.29, 0.717) is 6.07 Å². The van der Waals surface area contributed by atoms with Crippen LogP contribution in [0.2, 0.25) is 19.6 Å². The first-order valence-electron chi connectivity index (χ1n) is 4.99. The van der Waals surface area contributed by atoms with Crippen LogP contribution in [0, 0.1) is 17.3 Å². The highest BCUT2D eigenvalue weighted by Crippen LogP contribution is 2.30. The van der Waals surface area contributed by atoms with Gasteiger partial charge in [0.15, 0.2) is 0 Å². The van der Waals surface area contributed by atoms with Crippen LogP contribution >= 0.6 is 0 Å². The standard InChI is InChI=1S/C12H12F4Si/c1-17(2,3)7-6-9-4-5-10(8-11(9)13)12(14,15)16/h4-5,8H,1-3H3. The smallest absolute Gasteiger partial charge is 0.206 e. The number of rotatable bonds is 0. The van der Waals surface area contributed by atoms with Gasteiger partial charge >= 0.3 is 6.18 Å². The highest BCUT2D eigenvalue weighted by atomic mass is 28.3. The van der Waals surface area contributed by atoms with Crippen LogP contribution in [0.15, 0.2) is 18.2 Å². The molecule has 0 bridgehead atoms. The van der Waals surface area contributed by atoms with Gasteiger partial charge in [0.1, 0.15) is 13.9 Å². The average molecular weight is 260 g/mol. The summed E-state index contributed by atoms with van der Waals surface area (Å²) < 4.78 is 50.2.